The van der Waals surface area contributed by atoms with E-state index in [1.54, 1.807) is 6.26 Å². The molecule has 0 aliphatic heterocycles. The minimum atomic E-state index is -0.553. The molecule has 1 atom stereocenters. The van der Waals surface area contributed by atoms with Gasteiger partial charge in [-0.05, 0) is 31.9 Å². The van der Waals surface area contributed by atoms with Gasteiger partial charge in [0.05, 0.1) is 24.1 Å². The summed E-state index contributed by atoms with van der Waals surface area (Å²) >= 11 is 0. The molecule has 0 saturated heterocycles. The Hall–Kier alpha value is -1.55. The highest BCUT2D eigenvalue weighted by Gasteiger charge is 2.14. The molecule has 2 heterocycles. The lowest BCUT2D eigenvalue weighted by Crippen LogP contribution is -2.09. The molecule has 0 spiro atoms. The Morgan fingerprint density at radius 1 is 1.37 bits per heavy atom. The van der Waals surface area contributed by atoms with Gasteiger partial charge in [0.1, 0.15) is 5.76 Å². The van der Waals surface area contributed by atoms with Crippen molar-refractivity contribution in [3.63, 3.8) is 0 Å². The van der Waals surface area contributed by atoms with E-state index in [0.717, 1.165) is 29.9 Å². The fraction of sp³-hybridized carbons (Fsp3) is 0.533. The zero-order valence-electron chi connectivity index (χ0n) is 11.8. The van der Waals surface area contributed by atoms with Gasteiger partial charge in [0, 0.05) is 18.2 Å². The van der Waals surface area contributed by atoms with Gasteiger partial charge in [-0.2, -0.15) is 5.10 Å². The third-order valence-electron chi connectivity index (χ3n) is 3.52. The van der Waals surface area contributed by atoms with E-state index >= 15 is 0 Å². The Labute approximate surface area is 114 Å². The maximum Gasteiger partial charge on any atom is 0.101 e. The summed E-state index contributed by atoms with van der Waals surface area (Å²) in [5.74, 6) is 0.816. The molecule has 19 heavy (non-hydrogen) atoms. The highest BCUT2D eigenvalue weighted by Crippen LogP contribution is 2.21. The van der Waals surface area contributed by atoms with E-state index in [9.17, 15) is 5.11 Å². The third kappa shape index (κ3) is 3.26. The molecule has 4 nitrogen and oxygen atoms in total. The van der Waals surface area contributed by atoms with Crippen LogP contribution >= 0.6 is 0 Å². The van der Waals surface area contributed by atoms with Crippen molar-refractivity contribution in [1.29, 1.82) is 0 Å². The fourth-order valence-electron chi connectivity index (χ4n) is 2.31. The molecule has 1 N–H and O–H groups in total. The summed E-state index contributed by atoms with van der Waals surface area (Å²) in [6.45, 7) is 6.20. The molecule has 0 fully saturated rings. The number of furan rings is 1. The fourth-order valence-corrected chi connectivity index (χ4v) is 2.31. The molecule has 0 amide bonds. The van der Waals surface area contributed by atoms with Crippen molar-refractivity contribution < 1.29 is 9.52 Å². The Balaban J connectivity index is 2.03. The summed E-state index contributed by atoms with van der Waals surface area (Å²) in [5, 5.41) is 14.7. The van der Waals surface area contributed by atoms with Crippen LogP contribution in [-0.4, -0.2) is 14.9 Å². The van der Waals surface area contributed by atoms with Gasteiger partial charge in [0.15, 0.2) is 0 Å². The maximum atomic E-state index is 10.1. The van der Waals surface area contributed by atoms with Crippen molar-refractivity contribution in [3.05, 3.63) is 41.6 Å². The summed E-state index contributed by atoms with van der Waals surface area (Å²) in [4.78, 5) is 0. The molecule has 2 aromatic heterocycles. The summed E-state index contributed by atoms with van der Waals surface area (Å²) in [5.41, 5.74) is 1.73. The van der Waals surface area contributed by atoms with Crippen LogP contribution in [0.15, 0.2) is 29.0 Å². The number of aliphatic hydroxyl groups is 1. The molecule has 2 rings (SSSR count). The van der Waals surface area contributed by atoms with Gasteiger partial charge in [-0.15, -0.1) is 0 Å². The third-order valence-corrected chi connectivity index (χ3v) is 3.52. The van der Waals surface area contributed by atoms with Crippen molar-refractivity contribution in [3.8, 4) is 0 Å². The van der Waals surface area contributed by atoms with Crippen LogP contribution in [0, 0.1) is 6.92 Å². The molecule has 0 saturated carbocycles. The average Bonchev–Trinajstić information content (AvgIpc) is 3.00. The van der Waals surface area contributed by atoms with Crippen LogP contribution in [0.25, 0.3) is 0 Å². The molecule has 1 unspecified atom stereocenters. The Kier molecular flexibility index (Phi) is 4.43. The largest absolute Gasteiger partial charge is 0.469 e. The van der Waals surface area contributed by atoms with Crippen LogP contribution < -0.4 is 0 Å². The normalized spacial score (nSPS) is 13.1. The average molecular weight is 262 g/mol. The number of hydrogen-bond acceptors (Lipinski definition) is 3. The number of aryl methyl sites for hydroxylation is 1. The number of aliphatic hydroxyl groups excluding tert-OH is 1. The van der Waals surface area contributed by atoms with Gasteiger partial charge in [-0.3, -0.25) is 4.68 Å². The summed E-state index contributed by atoms with van der Waals surface area (Å²) < 4.78 is 7.22. The predicted molar refractivity (Wildman–Crippen MR) is 74.0 cm³/mol. The van der Waals surface area contributed by atoms with Crippen molar-refractivity contribution in [2.45, 2.75) is 52.2 Å². The van der Waals surface area contributed by atoms with Gasteiger partial charge < -0.3 is 9.52 Å². The van der Waals surface area contributed by atoms with Gasteiger partial charge >= 0.3 is 0 Å². The highest BCUT2D eigenvalue weighted by molar-refractivity contribution is 5.17. The standard InChI is InChI=1S/C15H22N2O2/c1-4-14(5-2)17-7-6-13(16-17)9-15(18)12-8-11(3)19-10-12/h6-8,10,14-15,18H,4-5,9H2,1-3H3. The van der Waals surface area contributed by atoms with E-state index in [2.05, 4.69) is 18.9 Å². The molecule has 0 radical (unpaired) electrons. The first-order valence-electron chi connectivity index (χ1n) is 6.91. The number of aromatic nitrogens is 2. The molecule has 4 heteroatoms. The van der Waals surface area contributed by atoms with Crippen molar-refractivity contribution in [2.24, 2.45) is 0 Å². The Bertz CT molecular complexity index is 512. The topological polar surface area (TPSA) is 51.2 Å². The Morgan fingerprint density at radius 3 is 2.68 bits per heavy atom. The lowest BCUT2D eigenvalue weighted by Gasteiger charge is -2.12. The van der Waals surface area contributed by atoms with E-state index in [0.29, 0.717) is 12.5 Å². The second-order valence-electron chi connectivity index (χ2n) is 4.97. The van der Waals surface area contributed by atoms with Crippen LogP contribution in [-0.2, 0) is 6.42 Å². The highest BCUT2D eigenvalue weighted by atomic mass is 16.3. The molecular formula is C15H22N2O2. The minimum Gasteiger partial charge on any atom is -0.469 e. The van der Waals surface area contributed by atoms with E-state index in [1.165, 1.54) is 0 Å². The van der Waals surface area contributed by atoms with Gasteiger partial charge in [-0.1, -0.05) is 13.8 Å². The minimum absolute atomic E-state index is 0.446. The van der Waals surface area contributed by atoms with Crippen molar-refractivity contribution in [1.82, 2.24) is 9.78 Å². The van der Waals surface area contributed by atoms with Crippen LogP contribution in [0.5, 0.6) is 0 Å². The summed E-state index contributed by atoms with van der Waals surface area (Å²) in [6.07, 6.45) is 5.72. The molecule has 0 aliphatic rings. The van der Waals surface area contributed by atoms with Crippen LogP contribution in [0.2, 0.25) is 0 Å². The Morgan fingerprint density at radius 2 is 2.11 bits per heavy atom. The molecule has 2 aromatic rings. The molecule has 104 valence electrons. The van der Waals surface area contributed by atoms with E-state index in [1.807, 2.05) is 29.9 Å². The molecule has 0 aromatic carbocycles. The van der Waals surface area contributed by atoms with Gasteiger partial charge in [-0.25, -0.2) is 0 Å². The smallest absolute Gasteiger partial charge is 0.101 e. The van der Waals surface area contributed by atoms with Crippen LogP contribution in [0.3, 0.4) is 0 Å². The zero-order chi connectivity index (χ0) is 13.8. The summed E-state index contributed by atoms with van der Waals surface area (Å²) in [7, 11) is 0. The first-order chi connectivity index (χ1) is 9.13. The lowest BCUT2D eigenvalue weighted by molar-refractivity contribution is 0.176. The van der Waals surface area contributed by atoms with Crippen LogP contribution in [0.4, 0.5) is 0 Å². The molecule has 0 aliphatic carbocycles. The second-order valence-corrected chi connectivity index (χ2v) is 4.97. The van der Waals surface area contributed by atoms with E-state index in [4.69, 9.17) is 4.42 Å². The van der Waals surface area contributed by atoms with Crippen molar-refractivity contribution in [2.75, 3.05) is 0 Å². The number of nitrogens with zero attached hydrogens (tertiary/aromatic N) is 2. The maximum absolute atomic E-state index is 10.1. The quantitative estimate of drug-likeness (QED) is 0.867. The van der Waals surface area contributed by atoms with Gasteiger partial charge in [0.2, 0.25) is 0 Å². The number of rotatable bonds is 6. The van der Waals surface area contributed by atoms with Crippen molar-refractivity contribution >= 4 is 0 Å². The SMILES string of the molecule is CCC(CC)n1ccc(CC(O)c2coc(C)c2)n1. The van der Waals surface area contributed by atoms with Gasteiger partial charge in [0.25, 0.3) is 0 Å². The molecular weight excluding hydrogens is 240 g/mol. The molecule has 0 bridgehead atoms. The first-order valence-corrected chi connectivity index (χ1v) is 6.91. The lowest BCUT2D eigenvalue weighted by atomic mass is 10.1. The van der Waals surface area contributed by atoms with Crippen LogP contribution in [0.1, 0.15) is 55.9 Å². The zero-order valence-corrected chi connectivity index (χ0v) is 11.8. The predicted octanol–water partition coefficient (Wildman–Crippen LogP) is 3.42. The number of hydrogen-bond donors (Lipinski definition) is 1. The van der Waals surface area contributed by atoms with E-state index in [-0.39, 0.29) is 0 Å². The monoisotopic (exact) mass is 262 g/mol. The van der Waals surface area contributed by atoms with E-state index < -0.39 is 6.10 Å². The second kappa shape index (κ2) is 6.06. The summed E-state index contributed by atoms with van der Waals surface area (Å²) in [6, 6.07) is 4.29. The first kappa shape index (κ1) is 13.9.